The minimum absolute atomic E-state index is 0.0162. The summed E-state index contributed by atoms with van der Waals surface area (Å²) < 4.78 is 6.67. The number of carbonyl (C=O) groups is 3. The number of fused-ring (bicyclic) bond motifs is 1. The summed E-state index contributed by atoms with van der Waals surface area (Å²) in [7, 11) is 0. The highest BCUT2D eigenvalue weighted by Crippen LogP contribution is 2.36. The summed E-state index contributed by atoms with van der Waals surface area (Å²) in [6, 6.07) is 0.0787. The van der Waals surface area contributed by atoms with E-state index >= 15 is 0 Å². The van der Waals surface area contributed by atoms with Gasteiger partial charge < -0.3 is 15.2 Å². The van der Waals surface area contributed by atoms with Gasteiger partial charge in [-0.2, -0.15) is 5.10 Å². The lowest BCUT2D eigenvalue weighted by atomic mass is 9.82. The van der Waals surface area contributed by atoms with E-state index in [1.807, 2.05) is 6.08 Å². The Kier molecular flexibility index (Phi) is 5.30. The maximum atomic E-state index is 12.6. The first-order valence-electron chi connectivity index (χ1n) is 9.92. The summed E-state index contributed by atoms with van der Waals surface area (Å²) in [6.45, 7) is 1.24. The number of carboxylic acid groups (broad SMARTS) is 1. The molecule has 0 radical (unpaired) electrons. The van der Waals surface area contributed by atoms with Gasteiger partial charge in [0.05, 0.1) is 30.0 Å². The number of ether oxygens (including phenoxy) is 1. The summed E-state index contributed by atoms with van der Waals surface area (Å²) in [5, 5.41) is 16.7. The lowest BCUT2D eigenvalue weighted by Crippen LogP contribution is -2.41. The molecule has 1 aromatic rings. The fraction of sp³-hybridized carbons (Fsp3) is 0.600. The first-order chi connectivity index (χ1) is 13.6. The van der Waals surface area contributed by atoms with Gasteiger partial charge in [0.15, 0.2) is 0 Å². The molecule has 0 spiro atoms. The molecule has 1 amide bonds. The van der Waals surface area contributed by atoms with Crippen molar-refractivity contribution in [2.75, 3.05) is 13.2 Å². The van der Waals surface area contributed by atoms with E-state index in [0.717, 1.165) is 35.4 Å². The number of aromatic nitrogens is 2. The Morgan fingerprint density at radius 1 is 1.25 bits per heavy atom. The number of carbonyl (C=O) groups excluding carboxylic acids is 2. The van der Waals surface area contributed by atoms with E-state index in [9.17, 15) is 19.5 Å². The Bertz CT molecular complexity index is 822. The third-order valence-corrected chi connectivity index (χ3v) is 6.11. The highest BCUT2D eigenvalue weighted by atomic mass is 16.5. The molecule has 1 aromatic heterocycles. The van der Waals surface area contributed by atoms with Gasteiger partial charge in [-0.05, 0) is 44.1 Å². The van der Waals surface area contributed by atoms with Crippen LogP contribution >= 0.6 is 0 Å². The molecule has 2 heterocycles. The molecule has 8 nitrogen and oxygen atoms in total. The Hall–Kier alpha value is -2.48. The smallest absolute Gasteiger partial charge is 0.306 e. The lowest BCUT2D eigenvalue weighted by molar-refractivity contribution is -0.141. The molecule has 1 aliphatic heterocycles. The van der Waals surface area contributed by atoms with Gasteiger partial charge >= 0.3 is 5.97 Å². The number of nitrogens with zero attached hydrogens (tertiary/aromatic N) is 2. The van der Waals surface area contributed by atoms with Gasteiger partial charge in [-0.3, -0.25) is 14.4 Å². The number of amides is 1. The van der Waals surface area contributed by atoms with Crippen molar-refractivity contribution >= 4 is 23.9 Å². The molecule has 2 aliphatic carbocycles. The molecule has 1 fully saturated rings. The standard InChI is InChI=1S/C20H25N3O5/c24-11-23-17-9-14(19(25)21-15-7-8-28-10-15)5-6-16(17)18(22-23)12-1-3-13(4-2-12)20(26)27/h1,11,13-15H,2-10H2,(H,21,25)(H,26,27). The van der Waals surface area contributed by atoms with E-state index in [-0.39, 0.29) is 23.8 Å². The highest BCUT2D eigenvalue weighted by molar-refractivity contribution is 5.80. The molecule has 3 unspecified atom stereocenters. The van der Waals surface area contributed by atoms with Crippen LogP contribution in [0.3, 0.4) is 0 Å². The van der Waals surface area contributed by atoms with Crippen LogP contribution in [0, 0.1) is 11.8 Å². The Balaban J connectivity index is 1.52. The zero-order valence-electron chi connectivity index (χ0n) is 15.7. The minimum Gasteiger partial charge on any atom is -0.481 e. The van der Waals surface area contributed by atoms with Gasteiger partial charge in [-0.1, -0.05) is 6.08 Å². The molecule has 150 valence electrons. The summed E-state index contributed by atoms with van der Waals surface area (Å²) in [4.78, 5) is 35.3. The van der Waals surface area contributed by atoms with Crippen molar-refractivity contribution in [3.63, 3.8) is 0 Å². The van der Waals surface area contributed by atoms with Crippen molar-refractivity contribution in [1.29, 1.82) is 0 Å². The highest BCUT2D eigenvalue weighted by Gasteiger charge is 2.33. The SMILES string of the molecule is O=Cn1nc(C2=CCC(C(=O)O)CC2)c2c1CC(C(=O)NC1CCOC1)CC2. The monoisotopic (exact) mass is 387 g/mol. The second-order valence-electron chi connectivity index (χ2n) is 7.87. The predicted molar refractivity (Wildman–Crippen MR) is 100 cm³/mol. The number of rotatable bonds is 5. The molecule has 28 heavy (non-hydrogen) atoms. The maximum Gasteiger partial charge on any atom is 0.306 e. The molecule has 0 saturated carbocycles. The van der Waals surface area contributed by atoms with Crippen LogP contribution in [0.15, 0.2) is 6.08 Å². The second-order valence-corrected chi connectivity index (χ2v) is 7.87. The largest absolute Gasteiger partial charge is 0.481 e. The van der Waals surface area contributed by atoms with E-state index < -0.39 is 5.97 Å². The number of carboxylic acids is 1. The second kappa shape index (κ2) is 7.87. The average molecular weight is 387 g/mol. The van der Waals surface area contributed by atoms with E-state index in [2.05, 4.69) is 10.4 Å². The summed E-state index contributed by atoms with van der Waals surface area (Å²) >= 11 is 0. The molecule has 8 heteroatoms. The van der Waals surface area contributed by atoms with Crippen LogP contribution in [0.1, 0.15) is 49.1 Å². The van der Waals surface area contributed by atoms with Crippen molar-refractivity contribution in [2.24, 2.45) is 11.8 Å². The molecule has 4 rings (SSSR count). The lowest BCUT2D eigenvalue weighted by Gasteiger charge is -2.24. The van der Waals surface area contributed by atoms with Crippen LogP contribution in [0.4, 0.5) is 0 Å². The van der Waals surface area contributed by atoms with Crippen molar-refractivity contribution < 1.29 is 24.2 Å². The van der Waals surface area contributed by atoms with Crippen molar-refractivity contribution in [2.45, 2.75) is 51.0 Å². The van der Waals surface area contributed by atoms with Gasteiger partial charge in [0, 0.05) is 24.5 Å². The summed E-state index contributed by atoms with van der Waals surface area (Å²) in [5.74, 6) is -1.27. The maximum absolute atomic E-state index is 12.6. The van der Waals surface area contributed by atoms with Crippen LogP contribution < -0.4 is 5.32 Å². The fourth-order valence-corrected chi connectivity index (χ4v) is 4.45. The van der Waals surface area contributed by atoms with Crippen LogP contribution in [0.5, 0.6) is 0 Å². The Labute approximate surface area is 162 Å². The van der Waals surface area contributed by atoms with Crippen LogP contribution in [0.2, 0.25) is 0 Å². The van der Waals surface area contributed by atoms with Gasteiger partial charge in [-0.15, -0.1) is 0 Å². The topological polar surface area (TPSA) is 111 Å². The molecule has 3 aliphatic rings. The van der Waals surface area contributed by atoms with E-state index in [0.29, 0.717) is 51.7 Å². The summed E-state index contributed by atoms with van der Waals surface area (Å²) in [5.41, 5.74) is 3.65. The van der Waals surface area contributed by atoms with Crippen molar-refractivity contribution in [3.8, 4) is 0 Å². The normalized spacial score (nSPS) is 27.0. The van der Waals surface area contributed by atoms with Gasteiger partial charge in [-0.25, -0.2) is 4.68 Å². The minimum atomic E-state index is -0.766. The average Bonchev–Trinajstić information content (AvgIpc) is 3.35. The predicted octanol–water partition coefficient (Wildman–Crippen LogP) is 1.20. The van der Waals surface area contributed by atoms with E-state index in [4.69, 9.17) is 4.74 Å². The first kappa shape index (κ1) is 18.9. The third kappa shape index (κ3) is 3.61. The van der Waals surface area contributed by atoms with Gasteiger partial charge in [0.2, 0.25) is 12.3 Å². The number of aliphatic carboxylic acids is 1. The quantitative estimate of drug-likeness (QED) is 0.735. The van der Waals surface area contributed by atoms with Crippen molar-refractivity contribution in [3.05, 3.63) is 23.0 Å². The molecule has 3 atom stereocenters. The Morgan fingerprint density at radius 2 is 2.07 bits per heavy atom. The Morgan fingerprint density at radius 3 is 2.71 bits per heavy atom. The van der Waals surface area contributed by atoms with Crippen LogP contribution in [0.25, 0.3) is 5.57 Å². The molecule has 0 aromatic carbocycles. The van der Waals surface area contributed by atoms with E-state index in [1.54, 1.807) is 0 Å². The molecular weight excluding hydrogens is 362 g/mol. The number of nitrogens with one attached hydrogen (secondary N) is 1. The summed E-state index contributed by atoms with van der Waals surface area (Å²) in [6.07, 6.45) is 7.09. The molecule has 0 bridgehead atoms. The number of hydrogen-bond acceptors (Lipinski definition) is 5. The third-order valence-electron chi connectivity index (χ3n) is 6.11. The van der Waals surface area contributed by atoms with Crippen molar-refractivity contribution in [1.82, 2.24) is 15.1 Å². The molecule has 2 N–H and O–H groups in total. The van der Waals surface area contributed by atoms with Crippen LogP contribution in [-0.2, 0) is 32.0 Å². The van der Waals surface area contributed by atoms with Gasteiger partial charge in [0.25, 0.3) is 0 Å². The van der Waals surface area contributed by atoms with Crippen LogP contribution in [-0.4, -0.2) is 52.4 Å². The molecular formula is C20H25N3O5. The molecule has 1 saturated heterocycles. The number of allylic oxidation sites excluding steroid dienone is 2. The van der Waals surface area contributed by atoms with E-state index in [1.165, 1.54) is 4.68 Å². The first-order valence-corrected chi connectivity index (χ1v) is 9.92. The van der Waals surface area contributed by atoms with Gasteiger partial charge in [0.1, 0.15) is 0 Å². The zero-order chi connectivity index (χ0) is 19.7. The zero-order valence-corrected chi connectivity index (χ0v) is 15.7. The fourth-order valence-electron chi connectivity index (χ4n) is 4.45. The number of hydrogen-bond donors (Lipinski definition) is 2.